The third-order valence-corrected chi connectivity index (χ3v) is 6.09. The van der Waals surface area contributed by atoms with Gasteiger partial charge in [0.1, 0.15) is 0 Å². The molecule has 4 aromatic carbocycles. The zero-order valence-corrected chi connectivity index (χ0v) is 20.0. The van der Waals surface area contributed by atoms with E-state index in [0.717, 1.165) is 30.5 Å². The van der Waals surface area contributed by atoms with Crippen LogP contribution in [0.1, 0.15) is 20.7 Å². The molecule has 0 bridgehead atoms. The molecule has 158 valence electrons. The summed E-state index contributed by atoms with van der Waals surface area (Å²) in [5.74, 6) is -1.05. The summed E-state index contributed by atoms with van der Waals surface area (Å²) in [5.41, 5.74) is 0.926. The molecule has 0 aliphatic heterocycles. The number of amides is 1. The lowest BCUT2D eigenvalue weighted by Gasteiger charge is -2.13. The number of aromatic carboxylic acids is 1. The number of hydrogen-bond acceptors (Lipinski definition) is 3. The van der Waals surface area contributed by atoms with Crippen LogP contribution >= 0.6 is 31.9 Å². The molecular formula is C24H19Br2NO4. The molecule has 0 unspecified atom stereocenters. The topological polar surface area (TPSA) is 66.8 Å². The van der Waals surface area contributed by atoms with Crippen LogP contribution in [0.25, 0.3) is 21.5 Å². The zero-order valence-electron chi connectivity index (χ0n) is 16.8. The molecule has 4 rings (SSSR count). The van der Waals surface area contributed by atoms with E-state index < -0.39 is 5.97 Å². The van der Waals surface area contributed by atoms with Crippen LogP contribution in [0, 0.1) is 0 Å². The highest BCUT2D eigenvalue weighted by molar-refractivity contribution is 9.11. The summed E-state index contributed by atoms with van der Waals surface area (Å²) in [5, 5.41) is 14.1. The fourth-order valence-corrected chi connectivity index (χ4v) is 4.05. The number of fused-ring (bicyclic) bond motifs is 2. The van der Waals surface area contributed by atoms with Gasteiger partial charge in [-0.25, -0.2) is 9.86 Å². The fourth-order valence-electron chi connectivity index (χ4n) is 3.02. The Morgan fingerprint density at radius 1 is 0.806 bits per heavy atom. The first kappa shape index (κ1) is 22.9. The van der Waals surface area contributed by atoms with Crippen LogP contribution in [-0.2, 0) is 4.84 Å². The monoisotopic (exact) mass is 543 g/mol. The number of benzene rings is 4. The molecule has 7 heteroatoms. The molecule has 0 atom stereocenters. The normalized spacial score (nSPS) is 10.5. The van der Waals surface area contributed by atoms with Crippen molar-refractivity contribution in [2.24, 2.45) is 0 Å². The summed E-state index contributed by atoms with van der Waals surface area (Å²) in [4.78, 5) is 27.5. The molecule has 0 saturated heterocycles. The van der Waals surface area contributed by atoms with E-state index >= 15 is 0 Å². The Kier molecular flexibility index (Phi) is 7.43. The smallest absolute Gasteiger partial charge is 0.335 e. The van der Waals surface area contributed by atoms with Crippen molar-refractivity contribution in [3.8, 4) is 0 Å². The summed E-state index contributed by atoms with van der Waals surface area (Å²) < 4.78 is 2.00. The Hall–Kier alpha value is -2.74. The second kappa shape index (κ2) is 10.0. The Balaban J connectivity index is 0.000000179. The second-order valence-electron chi connectivity index (χ2n) is 6.64. The van der Waals surface area contributed by atoms with Crippen molar-refractivity contribution in [2.75, 3.05) is 14.2 Å². The lowest BCUT2D eigenvalue weighted by Crippen LogP contribution is -2.25. The molecule has 1 N–H and O–H groups in total. The summed E-state index contributed by atoms with van der Waals surface area (Å²) >= 11 is 6.89. The van der Waals surface area contributed by atoms with Crippen molar-refractivity contribution >= 4 is 65.3 Å². The molecule has 0 aromatic heterocycles. The van der Waals surface area contributed by atoms with Gasteiger partial charge < -0.3 is 5.11 Å². The van der Waals surface area contributed by atoms with E-state index in [9.17, 15) is 9.59 Å². The van der Waals surface area contributed by atoms with Crippen molar-refractivity contribution in [3.05, 3.63) is 92.9 Å². The third kappa shape index (κ3) is 5.31. The first-order valence-electron chi connectivity index (χ1n) is 9.24. The van der Waals surface area contributed by atoms with E-state index in [1.807, 2.05) is 54.6 Å². The number of carboxylic acid groups (broad SMARTS) is 1. The largest absolute Gasteiger partial charge is 0.478 e. The predicted octanol–water partition coefficient (Wildman–Crippen LogP) is 6.54. The average Bonchev–Trinajstić information content (AvgIpc) is 2.78. The van der Waals surface area contributed by atoms with E-state index in [4.69, 9.17) is 9.94 Å². The highest BCUT2D eigenvalue weighted by atomic mass is 79.9. The molecule has 0 spiro atoms. The van der Waals surface area contributed by atoms with E-state index in [1.54, 1.807) is 25.2 Å². The molecule has 0 heterocycles. The summed E-state index contributed by atoms with van der Waals surface area (Å²) in [6, 6.07) is 22.3. The summed E-state index contributed by atoms with van der Waals surface area (Å²) in [7, 11) is 3.06. The number of carboxylic acids is 1. The number of hydroxylamine groups is 2. The van der Waals surface area contributed by atoms with Crippen LogP contribution in [0.3, 0.4) is 0 Å². The van der Waals surface area contributed by atoms with Gasteiger partial charge in [0.05, 0.1) is 12.7 Å². The average molecular weight is 545 g/mol. The SMILES string of the molecule is CON(C)C(=O)c1ccc2c(Br)cccc2c1.O=C(O)c1ccc2c(Br)cccc2c1. The molecule has 0 aliphatic rings. The lowest BCUT2D eigenvalue weighted by atomic mass is 10.1. The van der Waals surface area contributed by atoms with Gasteiger partial charge >= 0.3 is 5.97 Å². The highest BCUT2D eigenvalue weighted by Crippen LogP contribution is 2.25. The summed E-state index contributed by atoms with van der Waals surface area (Å²) in [6.45, 7) is 0. The molecular weight excluding hydrogens is 526 g/mol. The number of halogens is 2. The van der Waals surface area contributed by atoms with Crippen LogP contribution < -0.4 is 0 Å². The number of hydrogen-bond donors (Lipinski definition) is 1. The van der Waals surface area contributed by atoms with Gasteiger partial charge in [0.2, 0.25) is 0 Å². The molecule has 0 fully saturated rings. The molecule has 5 nitrogen and oxygen atoms in total. The number of carbonyl (C=O) groups excluding carboxylic acids is 1. The van der Waals surface area contributed by atoms with Crippen LogP contribution in [0.15, 0.2) is 81.7 Å². The number of carbonyl (C=O) groups is 2. The Morgan fingerprint density at radius 3 is 1.77 bits per heavy atom. The zero-order chi connectivity index (χ0) is 22.5. The van der Waals surface area contributed by atoms with Crippen LogP contribution in [-0.4, -0.2) is 36.2 Å². The maximum Gasteiger partial charge on any atom is 0.335 e. The van der Waals surface area contributed by atoms with E-state index in [1.165, 1.54) is 12.2 Å². The number of rotatable bonds is 3. The second-order valence-corrected chi connectivity index (χ2v) is 8.35. The minimum Gasteiger partial charge on any atom is -0.478 e. The molecule has 4 aromatic rings. The molecule has 31 heavy (non-hydrogen) atoms. The van der Waals surface area contributed by atoms with Gasteiger partial charge in [0.15, 0.2) is 0 Å². The van der Waals surface area contributed by atoms with Gasteiger partial charge in [-0.2, -0.15) is 0 Å². The third-order valence-electron chi connectivity index (χ3n) is 4.71. The van der Waals surface area contributed by atoms with Crippen molar-refractivity contribution in [3.63, 3.8) is 0 Å². The first-order chi connectivity index (χ1) is 14.8. The van der Waals surface area contributed by atoms with Gasteiger partial charge in [-0.05, 0) is 57.9 Å². The molecule has 0 radical (unpaired) electrons. The van der Waals surface area contributed by atoms with Crippen molar-refractivity contribution in [1.29, 1.82) is 0 Å². The minimum absolute atomic E-state index is 0.158. The van der Waals surface area contributed by atoms with Gasteiger partial charge in [-0.15, -0.1) is 0 Å². The molecule has 0 saturated carbocycles. The van der Waals surface area contributed by atoms with Gasteiger partial charge in [0, 0.05) is 21.6 Å². The standard InChI is InChI=1S/C13H12BrNO2.C11H7BrO2/c1-15(17-2)13(16)10-6-7-11-9(8-10)4-3-5-12(11)14;12-10-3-1-2-7-6-8(11(13)14)4-5-9(7)10/h3-8H,1-2H3;1-6H,(H,13,14). The Labute approximate surface area is 196 Å². The maximum atomic E-state index is 11.9. The van der Waals surface area contributed by atoms with E-state index in [2.05, 4.69) is 31.9 Å². The van der Waals surface area contributed by atoms with Crippen molar-refractivity contribution in [1.82, 2.24) is 5.06 Å². The van der Waals surface area contributed by atoms with Crippen LogP contribution in [0.5, 0.6) is 0 Å². The van der Waals surface area contributed by atoms with Crippen LogP contribution in [0.2, 0.25) is 0 Å². The van der Waals surface area contributed by atoms with E-state index in [-0.39, 0.29) is 5.91 Å². The quantitative estimate of drug-likeness (QED) is 0.297. The van der Waals surface area contributed by atoms with E-state index in [0.29, 0.717) is 11.1 Å². The van der Waals surface area contributed by atoms with Gasteiger partial charge in [-0.3, -0.25) is 9.63 Å². The van der Waals surface area contributed by atoms with Gasteiger partial charge in [0.25, 0.3) is 5.91 Å². The predicted molar refractivity (Wildman–Crippen MR) is 129 cm³/mol. The number of nitrogens with zero attached hydrogens (tertiary/aromatic N) is 1. The first-order valence-corrected chi connectivity index (χ1v) is 10.8. The highest BCUT2D eigenvalue weighted by Gasteiger charge is 2.11. The Morgan fingerprint density at radius 2 is 1.29 bits per heavy atom. The van der Waals surface area contributed by atoms with Gasteiger partial charge in [-0.1, -0.05) is 68.3 Å². The Bertz CT molecular complexity index is 1270. The molecule has 0 aliphatic carbocycles. The lowest BCUT2D eigenvalue weighted by molar-refractivity contribution is -0.0756. The minimum atomic E-state index is -0.896. The van der Waals surface area contributed by atoms with Crippen molar-refractivity contribution < 1.29 is 19.5 Å². The fraction of sp³-hybridized carbons (Fsp3) is 0.0833. The van der Waals surface area contributed by atoms with Crippen LogP contribution in [0.4, 0.5) is 0 Å². The molecule has 1 amide bonds. The van der Waals surface area contributed by atoms with Crippen molar-refractivity contribution in [2.45, 2.75) is 0 Å². The summed E-state index contributed by atoms with van der Waals surface area (Å²) in [6.07, 6.45) is 0. The maximum absolute atomic E-state index is 11.9.